The average Bonchev–Trinajstić information content (AvgIpc) is 2.91. The van der Waals surface area contributed by atoms with E-state index in [1.807, 2.05) is 24.5 Å². The van der Waals surface area contributed by atoms with Crippen LogP contribution in [0.5, 0.6) is 0 Å². The molecule has 0 saturated carbocycles. The Morgan fingerprint density at radius 1 is 1.33 bits per heavy atom. The number of thioether (sulfide) groups is 1. The zero-order valence-electron chi connectivity index (χ0n) is 11.1. The minimum Gasteiger partial charge on any atom is -0.451 e. The first-order valence-corrected chi connectivity index (χ1v) is 8.37. The van der Waals surface area contributed by atoms with Gasteiger partial charge in [0.15, 0.2) is 6.61 Å². The summed E-state index contributed by atoms with van der Waals surface area (Å²) in [5.41, 5.74) is 0.669. The Balaban J connectivity index is 1.85. The molecule has 0 atom stereocenters. The molecule has 0 radical (unpaired) electrons. The minimum atomic E-state index is -0.556. The van der Waals surface area contributed by atoms with Gasteiger partial charge in [-0.25, -0.2) is 4.79 Å². The summed E-state index contributed by atoms with van der Waals surface area (Å²) in [5.74, 6) is -0.941. The van der Waals surface area contributed by atoms with Crippen molar-refractivity contribution in [3.05, 3.63) is 45.6 Å². The van der Waals surface area contributed by atoms with Gasteiger partial charge in [-0.15, -0.1) is 23.1 Å². The van der Waals surface area contributed by atoms with E-state index in [9.17, 15) is 9.59 Å². The predicted octanol–water partition coefficient (Wildman–Crippen LogP) is 3.92. The van der Waals surface area contributed by atoms with E-state index in [0.717, 1.165) is 16.2 Å². The highest BCUT2D eigenvalue weighted by atomic mass is 35.5. The van der Waals surface area contributed by atoms with Crippen LogP contribution in [0.25, 0.3) is 0 Å². The topological polar surface area (TPSA) is 55.4 Å². The van der Waals surface area contributed by atoms with E-state index < -0.39 is 5.97 Å². The third kappa shape index (κ3) is 4.77. The fraction of sp³-hybridized carbons (Fsp3) is 0.143. The monoisotopic (exact) mass is 341 g/mol. The molecule has 0 bridgehead atoms. The molecule has 0 unspecified atom stereocenters. The number of halogens is 1. The van der Waals surface area contributed by atoms with Gasteiger partial charge in [0.05, 0.1) is 4.34 Å². The zero-order valence-corrected chi connectivity index (χ0v) is 13.5. The number of nitrogens with one attached hydrogen (secondary N) is 1. The third-order valence-corrected chi connectivity index (χ3v) is 4.40. The molecule has 0 aliphatic rings. The number of esters is 1. The number of ether oxygens (including phenoxy) is 1. The van der Waals surface area contributed by atoms with Crippen molar-refractivity contribution in [3.8, 4) is 0 Å². The lowest BCUT2D eigenvalue weighted by molar-refractivity contribution is -0.119. The van der Waals surface area contributed by atoms with E-state index in [1.54, 1.807) is 30.0 Å². The Bertz CT molecular complexity index is 657. The van der Waals surface area contributed by atoms with Crippen LogP contribution in [0.2, 0.25) is 4.34 Å². The van der Waals surface area contributed by atoms with E-state index in [0.29, 0.717) is 14.9 Å². The summed E-state index contributed by atoms with van der Waals surface area (Å²) in [6, 6.07) is 10.6. The van der Waals surface area contributed by atoms with Crippen molar-refractivity contribution in [1.82, 2.24) is 0 Å². The summed E-state index contributed by atoms with van der Waals surface area (Å²) >= 11 is 8.43. The largest absolute Gasteiger partial charge is 0.451 e. The van der Waals surface area contributed by atoms with Crippen molar-refractivity contribution in [1.29, 1.82) is 0 Å². The van der Waals surface area contributed by atoms with Crippen LogP contribution in [0.1, 0.15) is 9.67 Å². The van der Waals surface area contributed by atoms with E-state index in [1.165, 1.54) is 0 Å². The Morgan fingerprint density at radius 2 is 2.14 bits per heavy atom. The number of anilines is 1. The maximum absolute atomic E-state index is 11.7. The molecule has 0 saturated heterocycles. The fourth-order valence-corrected chi connectivity index (χ4v) is 2.92. The average molecular weight is 342 g/mol. The van der Waals surface area contributed by atoms with Crippen molar-refractivity contribution in [2.45, 2.75) is 4.90 Å². The summed E-state index contributed by atoms with van der Waals surface area (Å²) in [6.45, 7) is -0.335. The van der Waals surface area contributed by atoms with Gasteiger partial charge in [0, 0.05) is 10.6 Å². The van der Waals surface area contributed by atoms with E-state index in [2.05, 4.69) is 5.32 Å². The lowest BCUT2D eigenvalue weighted by Gasteiger charge is -2.07. The molecule has 1 amide bonds. The van der Waals surface area contributed by atoms with Crippen LogP contribution in [0.4, 0.5) is 5.69 Å². The van der Waals surface area contributed by atoms with Gasteiger partial charge >= 0.3 is 5.97 Å². The quantitative estimate of drug-likeness (QED) is 0.661. The summed E-state index contributed by atoms with van der Waals surface area (Å²) in [7, 11) is 0. The number of amides is 1. The smallest absolute Gasteiger partial charge is 0.348 e. The van der Waals surface area contributed by atoms with Gasteiger partial charge in [0.1, 0.15) is 4.88 Å². The van der Waals surface area contributed by atoms with Crippen LogP contribution >= 0.6 is 34.7 Å². The minimum absolute atomic E-state index is 0.335. The highest BCUT2D eigenvalue weighted by Crippen LogP contribution is 2.22. The number of thiophene rings is 1. The first-order chi connectivity index (χ1) is 10.1. The second-order valence-electron chi connectivity index (χ2n) is 3.96. The molecule has 4 nitrogen and oxygen atoms in total. The van der Waals surface area contributed by atoms with Crippen molar-refractivity contribution in [2.75, 3.05) is 18.2 Å². The summed E-state index contributed by atoms with van der Waals surface area (Å²) in [5, 5.41) is 2.68. The molecular formula is C14H12ClNO3S2. The van der Waals surface area contributed by atoms with E-state index in [4.69, 9.17) is 16.3 Å². The van der Waals surface area contributed by atoms with Gasteiger partial charge in [0.25, 0.3) is 5.91 Å². The lowest BCUT2D eigenvalue weighted by Crippen LogP contribution is -2.20. The molecule has 1 N–H and O–H groups in total. The van der Waals surface area contributed by atoms with Crippen molar-refractivity contribution < 1.29 is 14.3 Å². The molecule has 1 heterocycles. The van der Waals surface area contributed by atoms with Crippen LogP contribution < -0.4 is 5.32 Å². The third-order valence-electron chi connectivity index (χ3n) is 2.46. The van der Waals surface area contributed by atoms with Crippen LogP contribution in [0.15, 0.2) is 41.3 Å². The zero-order chi connectivity index (χ0) is 15.2. The van der Waals surface area contributed by atoms with E-state index >= 15 is 0 Å². The molecule has 7 heteroatoms. The number of hydrogen-bond donors (Lipinski definition) is 1. The maximum Gasteiger partial charge on any atom is 0.348 e. The van der Waals surface area contributed by atoms with Gasteiger partial charge in [-0.2, -0.15) is 0 Å². The number of rotatable bonds is 5. The van der Waals surface area contributed by atoms with Crippen molar-refractivity contribution in [3.63, 3.8) is 0 Å². The van der Waals surface area contributed by atoms with Crippen LogP contribution in [0, 0.1) is 0 Å². The van der Waals surface area contributed by atoms with Crippen LogP contribution in [-0.2, 0) is 9.53 Å². The number of carbonyl (C=O) groups excluding carboxylic acids is 2. The van der Waals surface area contributed by atoms with Gasteiger partial charge < -0.3 is 10.1 Å². The Labute approximate surface area is 135 Å². The maximum atomic E-state index is 11.7. The summed E-state index contributed by atoms with van der Waals surface area (Å²) < 4.78 is 5.43. The summed E-state index contributed by atoms with van der Waals surface area (Å²) in [6.07, 6.45) is 1.95. The Kier molecular flexibility index (Phi) is 5.67. The van der Waals surface area contributed by atoms with Crippen LogP contribution in [0.3, 0.4) is 0 Å². The Hall–Kier alpha value is -1.50. The molecular weight excluding hydrogens is 330 g/mol. The van der Waals surface area contributed by atoms with Crippen molar-refractivity contribution >= 4 is 52.3 Å². The lowest BCUT2D eigenvalue weighted by atomic mass is 10.3. The second kappa shape index (κ2) is 7.49. The standard InChI is InChI=1S/C14H12ClNO3S2/c1-20-10-4-2-3-9(7-10)16-13(17)8-19-14(18)11-5-6-12(15)21-11/h2-7H,8H2,1H3,(H,16,17). The van der Waals surface area contributed by atoms with Crippen LogP contribution in [-0.4, -0.2) is 24.7 Å². The molecule has 0 fully saturated rings. The molecule has 21 heavy (non-hydrogen) atoms. The van der Waals surface area contributed by atoms with Gasteiger partial charge in [0.2, 0.25) is 0 Å². The Morgan fingerprint density at radius 3 is 2.81 bits per heavy atom. The first kappa shape index (κ1) is 15.9. The normalized spacial score (nSPS) is 10.2. The highest BCUT2D eigenvalue weighted by molar-refractivity contribution is 7.98. The molecule has 2 rings (SSSR count). The van der Waals surface area contributed by atoms with Crippen molar-refractivity contribution in [2.24, 2.45) is 0 Å². The molecule has 0 aliphatic heterocycles. The van der Waals surface area contributed by atoms with E-state index in [-0.39, 0.29) is 12.5 Å². The number of hydrogen-bond acceptors (Lipinski definition) is 5. The first-order valence-electron chi connectivity index (χ1n) is 5.95. The molecule has 2 aromatic rings. The SMILES string of the molecule is CSc1cccc(NC(=O)COC(=O)c2ccc(Cl)s2)c1. The molecule has 0 spiro atoms. The number of benzene rings is 1. The molecule has 0 aliphatic carbocycles. The predicted molar refractivity (Wildman–Crippen MR) is 86.5 cm³/mol. The fourth-order valence-electron chi connectivity index (χ4n) is 1.52. The number of carbonyl (C=O) groups is 2. The second-order valence-corrected chi connectivity index (χ2v) is 6.55. The highest BCUT2D eigenvalue weighted by Gasteiger charge is 2.12. The molecule has 1 aromatic carbocycles. The molecule has 110 valence electrons. The van der Waals surface area contributed by atoms with Gasteiger partial charge in [-0.1, -0.05) is 17.7 Å². The summed E-state index contributed by atoms with van der Waals surface area (Å²) in [4.78, 5) is 24.8. The van der Waals surface area contributed by atoms with Gasteiger partial charge in [-0.05, 0) is 36.6 Å². The molecule has 1 aromatic heterocycles. The van der Waals surface area contributed by atoms with Gasteiger partial charge in [-0.3, -0.25) is 4.79 Å².